The zero-order chi connectivity index (χ0) is 36.7. The van der Waals surface area contributed by atoms with Crippen molar-refractivity contribution in [1.29, 1.82) is 0 Å². The first-order valence-electron chi connectivity index (χ1n) is 12.5. The summed E-state index contributed by atoms with van der Waals surface area (Å²) in [5, 5.41) is 19.5. The lowest BCUT2D eigenvalue weighted by atomic mass is 10.1. The lowest BCUT2D eigenvalue weighted by Gasteiger charge is -2.19. The molecular formula is C26H25F10N5O6. The lowest BCUT2D eigenvalue weighted by molar-refractivity contribution is -0.193. The van der Waals surface area contributed by atoms with E-state index in [0.29, 0.717) is 31.5 Å². The van der Waals surface area contributed by atoms with Gasteiger partial charge in [0.1, 0.15) is 11.6 Å². The third-order valence-corrected chi connectivity index (χ3v) is 4.96. The molecule has 0 radical (unpaired) electrons. The Morgan fingerprint density at radius 3 is 1.66 bits per heavy atom. The molecule has 260 valence electrons. The van der Waals surface area contributed by atoms with Crippen molar-refractivity contribution >= 4 is 29.4 Å². The minimum Gasteiger partial charge on any atom is -0.475 e. The Kier molecular flexibility index (Phi) is 16.9. The number of unbranched alkanes of at least 4 members (excludes halogenated alkanes) is 1. The van der Waals surface area contributed by atoms with Gasteiger partial charge in [0.2, 0.25) is 11.8 Å². The molecule has 0 aliphatic carbocycles. The van der Waals surface area contributed by atoms with Crippen LogP contribution in [0.2, 0.25) is 0 Å². The van der Waals surface area contributed by atoms with Gasteiger partial charge in [0, 0.05) is 11.3 Å². The fourth-order valence-electron chi connectivity index (χ4n) is 2.66. The second-order valence-corrected chi connectivity index (χ2v) is 8.75. The fourth-order valence-corrected chi connectivity index (χ4v) is 2.66. The molecule has 0 spiro atoms. The molecule has 8 N–H and O–H groups in total. The second kappa shape index (κ2) is 18.9. The van der Waals surface area contributed by atoms with Gasteiger partial charge in [0.05, 0.1) is 6.04 Å². The highest BCUT2D eigenvalue weighted by Gasteiger charge is 2.38. The molecule has 0 saturated carbocycles. The lowest BCUT2D eigenvalue weighted by Crippen LogP contribution is -2.49. The quantitative estimate of drug-likeness (QED) is 0.104. The minimum atomic E-state index is -5.08. The third kappa shape index (κ3) is 15.7. The number of pyridine rings is 1. The van der Waals surface area contributed by atoms with Crippen LogP contribution in [0.25, 0.3) is 0 Å². The maximum atomic E-state index is 13.6. The van der Waals surface area contributed by atoms with Crippen LogP contribution >= 0.6 is 0 Å². The Labute approximate surface area is 258 Å². The van der Waals surface area contributed by atoms with Gasteiger partial charge in [-0.05, 0) is 57.0 Å². The van der Waals surface area contributed by atoms with Gasteiger partial charge in [0.25, 0.3) is 11.9 Å². The summed E-state index contributed by atoms with van der Waals surface area (Å²) < 4.78 is 117. The van der Waals surface area contributed by atoms with Crippen molar-refractivity contribution < 1.29 is 73.3 Å². The number of amides is 2. The maximum Gasteiger partial charge on any atom is 0.490 e. The van der Waals surface area contributed by atoms with Crippen molar-refractivity contribution in [3.05, 3.63) is 58.9 Å². The number of nitrogens with two attached hydrogens (primary N) is 2. The zero-order valence-corrected chi connectivity index (χ0v) is 23.7. The zero-order valence-electron chi connectivity index (χ0n) is 23.7. The number of carbonyl (C=O) groups is 4. The van der Waals surface area contributed by atoms with Gasteiger partial charge in [-0.1, -0.05) is 11.8 Å². The highest BCUT2D eigenvalue weighted by atomic mass is 19.4. The van der Waals surface area contributed by atoms with Crippen LogP contribution in [0, 0.1) is 35.4 Å². The number of nitrogens with zero attached hydrogens (tertiary/aromatic N) is 1. The van der Waals surface area contributed by atoms with E-state index in [1.54, 1.807) is 0 Å². The number of alkyl halides is 6. The molecule has 0 aliphatic rings. The SMILES string of the molecule is C[C@H](N)C(=O)N[C@@H](CCCCN)C(=O)Nc1ccc(C#Cc2c(F)c(F)nc(F)c2F)cc1.O=C(O)C(F)(F)F.O=C(O)C(F)(F)F. The molecule has 2 rings (SSSR count). The highest BCUT2D eigenvalue weighted by Crippen LogP contribution is 2.17. The van der Waals surface area contributed by atoms with Crippen LogP contribution in [0.1, 0.15) is 37.3 Å². The number of carbonyl (C=O) groups excluding carboxylic acids is 2. The third-order valence-electron chi connectivity index (χ3n) is 4.96. The number of aromatic nitrogens is 1. The van der Waals surface area contributed by atoms with Crippen LogP contribution in [0.5, 0.6) is 0 Å². The molecule has 1 aromatic heterocycles. The summed E-state index contributed by atoms with van der Waals surface area (Å²) in [5.41, 5.74) is 10.6. The molecule has 0 aliphatic heterocycles. The number of anilines is 1. The summed E-state index contributed by atoms with van der Waals surface area (Å²) >= 11 is 0. The number of rotatable bonds is 8. The van der Waals surface area contributed by atoms with Gasteiger partial charge < -0.3 is 32.3 Å². The predicted molar refractivity (Wildman–Crippen MR) is 141 cm³/mol. The number of carboxylic acid groups (broad SMARTS) is 2. The van der Waals surface area contributed by atoms with Gasteiger partial charge in [-0.15, -0.1) is 0 Å². The minimum absolute atomic E-state index is 0.259. The molecule has 21 heteroatoms. The molecule has 2 atom stereocenters. The molecule has 47 heavy (non-hydrogen) atoms. The number of aliphatic carboxylic acids is 2. The topological polar surface area (TPSA) is 198 Å². The number of halogens is 10. The predicted octanol–water partition coefficient (Wildman–Crippen LogP) is 3.20. The van der Waals surface area contributed by atoms with Crippen molar-refractivity contribution in [2.24, 2.45) is 11.5 Å². The number of hydrogen-bond donors (Lipinski definition) is 6. The molecular weight excluding hydrogens is 668 g/mol. The van der Waals surface area contributed by atoms with E-state index in [2.05, 4.69) is 21.5 Å². The molecule has 1 aromatic carbocycles. The first-order chi connectivity index (χ1) is 21.5. The normalized spacial score (nSPS) is 12.0. The van der Waals surface area contributed by atoms with Crippen LogP contribution in [0.3, 0.4) is 0 Å². The molecule has 0 saturated heterocycles. The molecule has 0 bridgehead atoms. The number of carboxylic acids is 2. The monoisotopic (exact) mass is 693 g/mol. The second-order valence-electron chi connectivity index (χ2n) is 8.75. The first-order valence-corrected chi connectivity index (χ1v) is 12.5. The molecule has 2 aromatic rings. The van der Waals surface area contributed by atoms with Crippen molar-refractivity contribution in [2.45, 2.75) is 50.6 Å². The van der Waals surface area contributed by atoms with Gasteiger partial charge >= 0.3 is 24.3 Å². The highest BCUT2D eigenvalue weighted by molar-refractivity contribution is 5.97. The number of hydrogen-bond acceptors (Lipinski definition) is 7. The first kappa shape index (κ1) is 42.0. The van der Waals surface area contributed by atoms with Crippen LogP contribution in [0.15, 0.2) is 24.3 Å². The molecule has 1 heterocycles. The van der Waals surface area contributed by atoms with Crippen LogP contribution in [0.4, 0.5) is 49.6 Å². The molecule has 0 fully saturated rings. The van der Waals surface area contributed by atoms with Crippen LogP contribution in [-0.4, -0.2) is 69.9 Å². The number of nitrogens with one attached hydrogen (secondary N) is 2. The Balaban J connectivity index is 0.00000126. The Bertz CT molecular complexity index is 1410. The van der Waals surface area contributed by atoms with E-state index in [1.807, 2.05) is 5.92 Å². The average Bonchev–Trinajstić information content (AvgIpc) is 2.96. The average molecular weight is 693 g/mol. The van der Waals surface area contributed by atoms with E-state index in [-0.39, 0.29) is 5.56 Å². The van der Waals surface area contributed by atoms with Crippen molar-refractivity contribution in [3.8, 4) is 11.8 Å². The summed E-state index contributed by atoms with van der Waals surface area (Å²) in [4.78, 5) is 44.8. The fraction of sp³-hybridized carbons (Fsp3) is 0.346. The van der Waals surface area contributed by atoms with E-state index in [9.17, 15) is 53.5 Å². The molecule has 2 amide bonds. The summed E-state index contributed by atoms with van der Waals surface area (Å²) in [6.07, 6.45) is -8.51. The van der Waals surface area contributed by atoms with Crippen molar-refractivity contribution in [1.82, 2.24) is 10.3 Å². The van der Waals surface area contributed by atoms with E-state index < -0.39 is 77.3 Å². The van der Waals surface area contributed by atoms with Crippen LogP contribution < -0.4 is 22.1 Å². The van der Waals surface area contributed by atoms with E-state index in [4.69, 9.17) is 31.3 Å². The van der Waals surface area contributed by atoms with E-state index in [1.165, 1.54) is 31.2 Å². The summed E-state index contributed by atoms with van der Waals surface area (Å²) in [5.74, 6) is -9.01. The maximum absolute atomic E-state index is 13.6. The summed E-state index contributed by atoms with van der Waals surface area (Å²) in [6, 6.07) is 4.17. The van der Waals surface area contributed by atoms with Gasteiger partial charge in [-0.3, -0.25) is 9.59 Å². The Morgan fingerprint density at radius 1 is 0.830 bits per heavy atom. The van der Waals surface area contributed by atoms with Crippen molar-refractivity contribution in [3.63, 3.8) is 0 Å². The van der Waals surface area contributed by atoms with Crippen molar-refractivity contribution in [2.75, 3.05) is 11.9 Å². The van der Waals surface area contributed by atoms with E-state index in [0.717, 1.165) is 0 Å². The standard InChI is InChI=1S/C22H23F4N5O2.2C2HF3O2/c1-12(28)21(32)30-16(4-2-3-11-27)22(33)29-14-8-5-13(6-9-14)7-10-15-17(23)19(25)31-20(26)18(15)24;2*3-2(4,5)1(6)7/h5-6,8-9,12,16H,2-4,11,27-28H2,1H3,(H,29,33)(H,30,32);2*(H,6,7)/t12-,16-;;/m0../s1. The summed E-state index contributed by atoms with van der Waals surface area (Å²) in [7, 11) is 0. The number of benzene rings is 1. The Morgan fingerprint density at radius 2 is 1.28 bits per heavy atom. The molecule has 0 unspecified atom stereocenters. The van der Waals surface area contributed by atoms with Gasteiger partial charge in [-0.2, -0.15) is 40.1 Å². The summed E-state index contributed by atoms with van der Waals surface area (Å²) in [6.45, 7) is 1.95. The van der Waals surface area contributed by atoms with Gasteiger partial charge in [0.15, 0.2) is 11.6 Å². The van der Waals surface area contributed by atoms with E-state index >= 15 is 0 Å². The van der Waals surface area contributed by atoms with Crippen LogP contribution in [-0.2, 0) is 19.2 Å². The van der Waals surface area contributed by atoms with Gasteiger partial charge in [-0.25, -0.2) is 18.4 Å². The Hall–Kier alpha value is -4.97. The molecule has 11 nitrogen and oxygen atoms in total. The largest absolute Gasteiger partial charge is 0.490 e. The smallest absolute Gasteiger partial charge is 0.475 e.